The fraction of sp³-hybridized carbons (Fsp3) is 0.286. The van der Waals surface area contributed by atoms with Gasteiger partial charge >= 0.3 is 0 Å². The van der Waals surface area contributed by atoms with Crippen molar-refractivity contribution in [3.8, 4) is 17.0 Å². The van der Waals surface area contributed by atoms with Crippen LogP contribution in [0.3, 0.4) is 0 Å². The number of ether oxygens (including phenoxy) is 1. The van der Waals surface area contributed by atoms with Crippen LogP contribution in [0.15, 0.2) is 49.1 Å². The lowest BCUT2D eigenvalue weighted by atomic mass is 10.1. The summed E-state index contributed by atoms with van der Waals surface area (Å²) in [6.45, 7) is 2.21. The van der Waals surface area contributed by atoms with E-state index in [0.717, 1.165) is 0 Å². The number of hydrogen-bond acceptors (Lipinski definition) is 7. The second-order valence-electron chi connectivity index (χ2n) is 7.05. The Bertz CT molecular complexity index is 1190. The number of methoxy groups -OCH3 is 1. The zero-order chi connectivity index (χ0) is 22.0. The molecule has 0 fully saturated rings. The summed E-state index contributed by atoms with van der Waals surface area (Å²) in [5, 5.41) is 33.4. The van der Waals surface area contributed by atoms with Crippen molar-refractivity contribution < 1.29 is 14.9 Å². The zero-order valence-corrected chi connectivity index (χ0v) is 17.9. The largest absolute Gasteiger partial charge is 0.496 e. The summed E-state index contributed by atoms with van der Waals surface area (Å²) in [5.41, 5.74) is 2.80. The van der Waals surface area contributed by atoms with Crippen LogP contribution < -0.4 is 10.1 Å². The van der Waals surface area contributed by atoms with Gasteiger partial charge in [-0.25, -0.2) is 9.50 Å². The van der Waals surface area contributed by atoms with Crippen LogP contribution in [0.2, 0.25) is 5.02 Å². The van der Waals surface area contributed by atoms with Crippen LogP contribution in [0.1, 0.15) is 25.1 Å². The topological polar surface area (TPSA) is 110 Å². The molecule has 10 heteroatoms. The number of anilines is 1. The van der Waals surface area contributed by atoms with Crippen molar-refractivity contribution in [2.45, 2.75) is 32.2 Å². The van der Waals surface area contributed by atoms with E-state index in [1.807, 2.05) is 6.92 Å². The molecule has 1 aromatic carbocycles. The van der Waals surface area contributed by atoms with Crippen molar-refractivity contribution in [1.29, 1.82) is 0 Å². The fourth-order valence-electron chi connectivity index (χ4n) is 3.29. The number of nitrogens with one attached hydrogen (secondary N) is 1. The van der Waals surface area contributed by atoms with Crippen LogP contribution in [0.4, 0.5) is 5.69 Å². The highest BCUT2D eigenvalue weighted by molar-refractivity contribution is 6.31. The molecule has 0 spiro atoms. The standard InChI is InChI=1S/C21H23ClN6O3/c1-3-14(29)11-27-12-17(19(26-27)15-9-13(22)5-6-18(15)31-2)25-21(30)16-10-24-28-8-4-7-23-20(16)28/h4-10,12,14,21,25,29-30H,3,11H2,1-2H3/t14-,21?/m0/s1. The Morgan fingerprint density at radius 3 is 2.90 bits per heavy atom. The predicted molar refractivity (Wildman–Crippen MR) is 117 cm³/mol. The third kappa shape index (κ3) is 4.34. The highest BCUT2D eigenvalue weighted by Gasteiger charge is 2.21. The Labute approximate surface area is 183 Å². The van der Waals surface area contributed by atoms with E-state index >= 15 is 0 Å². The van der Waals surface area contributed by atoms with E-state index < -0.39 is 12.3 Å². The average molecular weight is 443 g/mol. The van der Waals surface area contributed by atoms with Gasteiger partial charge in [0.1, 0.15) is 11.4 Å². The van der Waals surface area contributed by atoms with E-state index in [0.29, 0.717) is 51.9 Å². The van der Waals surface area contributed by atoms with Crippen LogP contribution in [-0.4, -0.2) is 47.8 Å². The van der Waals surface area contributed by atoms with Crippen LogP contribution in [-0.2, 0) is 6.54 Å². The Balaban J connectivity index is 1.74. The third-order valence-corrected chi connectivity index (χ3v) is 5.18. The SMILES string of the molecule is CC[C@H](O)Cn1cc(NC(O)c2cnn3cccnc23)c(-c2cc(Cl)ccc2OC)n1. The smallest absolute Gasteiger partial charge is 0.162 e. The average Bonchev–Trinajstić information content (AvgIpc) is 3.37. The van der Waals surface area contributed by atoms with Crippen molar-refractivity contribution in [3.05, 3.63) is 59.6 Å². The summed E-state index contributed by atoms with van der Waals surface area (Å²) < 4.78 is 8.70. The predicted octanol–water partition coefficient (Wildman–Crippen LogP) is 3.13. The molecule has 0 aliphatic heterocycles. The first-order chi connectivity index (χ1) is 15.0. The quantitative estimate of drug-likeness (QED) is 0.359. The Morgan fingerprint density at radius 2 is 2.13 bits per heavy atom. The minimum absolute atomic E-state index is 0.308. The molecule has 4 rings (SSSR count). The minimum Gasteiger partial charge on any atom is -0.496 e. The molecule has 162 valence electrons. The van der Waals surface area contributed by atoms with E-state index in [4.69, 9.17) is 16.3 Å². The Kier molecular flexibility index (Phi) is 6.08. The van der Waals surface area contributed by atoms with Crippen molar-refractivity contribution in [2.75, 3.05) is 12.4 Å². The van der Waals surface area contributed by atoms with E-state index in [1.165, 1.54) is 0 Å². The lowest BCUT2D eigenvalue weighted by Gasteiger charge is -2.14. The normalized spacial score (nSPS) is 13.3. The summed E-state index contributed by atoms with van der Waals surface area (Å²) in [7, 11) is 1.57. The van der Waals surface area contributed by atoms with Gasteiger partial charge in [0.25, 0.3) is 0 Å². The van der Waals surface area contributed by atoms with Crippen molar-refractivity contribution in [3.63, 3.8) is 0 Å². The van der Waals surface area contributed by atoms with Gasteiger partial charge in [0.2, 0.25) is 0 Å². The first-order valence-electron chi connectivity index (χ1n) is 9.82. The number of rotatable bonds is 8. The van der Waals surface area contributed by atoms with Crippen LogP contribution in [0, 0.1) is 0 Å². The summed E-state index contributed by atoms with van der Waals surface area (Å²) >= 11 is 6.22. The van der Waals surface area contributed by atoms with Crippen molar-refractivity contribution >= 4 is 22.9 Å². The number of nitrogens with zero attached hydrogens (tertiary/aromatic N) is 5. The zero-order valence-electron chi connectivity index (χ0n) is 17.1. The van der Waals surface area contributed by atoms with E-state index in [-0.39, 0.29) is 0 Å². The monoisotopic (exact) mass is 442 g/mol. The second kappa shape index (κ2) is 8.93. The number of aliphatic hydroxyl groups excluding tert-OH is 2. The number of aromatic nitrogens is 5. The number of benzene rings is 1. The van der Waals surface area contributed by atoms with Gasteiger partial charge in [-0.05, 0) is 30.7 Å². The van der Waals surface area contributed by atoms with Crippen LogP contribution in [0.5, 0.6) is 5.75 Å². The maximum Gasteiger partial charge on any atom is 0.162 e. The molecule has 0 saturated carbocycles. The minimum atomic E-state index is -1.09. The Morgan fingerprint density at radius 1 is 1.29 bits per heavy atom. The van der Waals surface area contributed by atoms with E-state index in [2.05, 4.69) is 20.5 Å². The summed E-state index contributed by atoms with van der Waals surface area (Å²) in [4.78, 5) is 4.29. The summed E-state index contributed by atoms with van der Waals surface area (Å²) in [6, 6.07) is 7.00. The second-order valence-corrected chi connectivity index (χ2v) is 7.49. The first-order valence-corrected chi connectivity index (χ1v) is 10.2. The molecular formula is C21H23ClN6O3. The third-order valence-electron chi connectivity index (χ3n) is 4.94. The van der Waals surface area contributed by atoms with Gasteiger partial charge in [-0.3, -0.25) is 4.68 Å². The van der Waals surface area contributed by atoms with Gasteiger partial charge in [-0.1, -0.05) is 18.5 Å². The molecule has 2 atom stereocenters. The first kappa shape index (κ1) is 21.1. The summed E-state index contributed by atoms with van der Waals surface area (Å²) in [5.74, 6) is 0.584. The molecule has 4 aromatic rings. The highest BCUT2D eigenvalue weighted by atomic mass is 35.5. The lowest BCUT2D eigenvalue weighted by molar-refractivity contribution is 0.145. The molecular weight excluding hydrogens is 420 g/mol. The number of fused-ring (bicyclic) bond motifs is 1. The molecule has 3 heterocycles. The molecule has 31 heavy (non-hydrogen) atoms. The van der Waals surface area contributed by atoms with Crippen molar-refractivity contribution in [2.24, 2.45) is 0 Å². The molecule has 0 amide bonds. The van der Waals surface area contributed by atoms with Gasteiger partial charge in [0.15, 0.2) is 11.9 Å². The molecule has 0 aliphatic carbocycles. The van der Waals surface area contributed by atoms with Gasteiger partial charge in [-0.15, -0.1) is 0 Å². The van der Waals surface area contributed by atoms with Gasteiger partial charge in [-0.2, -0.15) is 10.2 Å². The number of halogens is 1. The maximum absolute atomic E-state index is 10.9. The maximum atomic E-state index is 10.9. The number of hydrogen-bond donors (Lipinski definition) is 3. The van der Waals surface area contributed by atoms with Crippen LogP contribution in [0.25, 0.3) is 16.9 Å². The Hall–Kier alpha value is -3.14. The molecule has 1 unspecified atom stereocenters. The summed E-state index contributed by atoms with van der Waals surface area (Å²) in [6.07, 6.45) is 5.64. The van der Waals surface area contributed by atoms with Gasteiger partial charge in [0, 0.05) is 29.2 Å². The lowest BCUT2D eigenvalue weighted by Crippen LogP contribution is -2.15. The van der Waals surface area contributed by atoms with Crippen molar-refractivity contribution in [1.82, 2.24) is 24.4 Å². The van der Waals surface area contributed by atoms with E-state index in [1.54, 1.807) is 65.4 Å². The van der Waals surface area contributed by atoms with Gasteiger partial charge in [0.05, 0.1) is 37.2 Å². The van der Waals surface area contributed by atoms with Gasteiger partial charge < -0.3 is 20.3 Å². The molecule has 0 bridgehead atoms. The fourth-order valence-corrected chi connectivity index (χ4v) is 3.47. The molecule has 3 N–H and O–H groups in total. The number of aliphatic hydroxyl groups is 2. The molecule has 0 saturated heterocycles. The molecule has 0 radical (unpaired) electrons. The molecule has 9 nitrogen and oxygen atoms in total. The molecule has 3 aromatic heterocycles. The van der Waals surface area contributed by atoms with Crippen LogP contribution >= 0.6 is 11.6 Å². The molecule has 0 aliphatic rings. The van der Waals surface area contributed by atoms with E-state index in [9.17, 15) is 10.2 Å². The highest BCUT2D eigenvalue weighted by Crippen LogP contribution is 2.37.